The molecule has 2 amide bonds. The van der Waals surface area contributed by atoms with E-state index in [0.29, 0.717) is 23.6 Å². The zero-order valence-corrected chi connectivity index (χ0v) is 14.6. The Hall–Kier alpha value is -2.93. The Bertz CT molecular complexity index is 972. The van der Waals surface area contributed by atoms with Crippen LogP contribution >= 0.6 is 11.5 Å². The minimum atomic E-state index is -0.474. The highest BCUT2D eigenvalue weighted by Crippen LogP contribution is 2.03. The molecule has 0 aliphatic rings. The summed E-state index contributed by atoms with van der Waals surface area (Å²) >= 11 is 1.17. The summed E-state index contributed by atoms with van der Waals surface area (Å²) in [6, 6.07) is 18.3. The van der Waals surface area contributed by atoms with E-state index >= 15 is 0 Å². The van der Waals surface area contributed by atoms with Crippen molar-refractivity contribution in [2.24, 2.45) is 4.99 Å². The Morgan fingerprint density at radius 3 is 2.36 bits per heavy atom. The summed E-state index contributed by atoms with van der Waals surface area (Å²) in [6.07, 6.45) is 0. The molecule has 0 saturated carbocycles. The second-order valence-electron chi connectivity index (χ2n) is 5.28. The van der Waals surface area contributed by atoms with Crippen molar-refractivity contribution in [3.05, 3.63) is 81.5 Å². The average Bonchev–Trinajstić information content (AvgIpc) is 2.96. The van der Waals surface area contributed by atoms with Gasteiger partial charge in [0, 0.05) is 13.1 Å². The van der Waals surface area contributed by atoms with Gasteiger partial charge in [0.1, 0.15) is 0 Å². The normalized spacial score (nSPS) is 11.5. The molecule has 3 rings (SSSR count). The fraction of sp³-hybridized carbons (Fsp3) is 0.167. The highest BCUT2D eigenvalue weighted by atomic mass is 32.1. The number of amides is 2. The van der Waals surface area contributed by atoms with Crippen LogP contribution in [0.1, 0.15) is 12.5 Å². The molecule has 0 spiro atoms. The van der Waals surface area contributed by atoms with Gasteiger partial charge in [0.2, 0.25) is 4.80 Å². The van der Waals surface area contributed by atoms with Crippen LogP contribution < -0.4 is 15.8 Å². The van der Waals surface area contributed by atoms with Crippen LogP contribution in [-0.2, 0) is 13.1 Å². The molecule has 0 fully saturated rings. The number of aromatic nitrogens is 2. The van der Waals surface area contributed by atoms with Crippen molar-refractivity contribution < 1.29 is 4.79 Å². The van der Waals surface area contributed by atoms with Gasteiger partial charge in [-0.05, 0) is 36.2 Å². The largest absolute Gasteiger partial charge is 0.344 e. The fourth-order valence-electron chi connectivity index (χ4n) is 2.34. The Kier molecular flexibility index (Phi) is 5.25. The standard InChI is InChI=1S/C18H18N4O2S/c1-2-21-18(24)22(15-11-7-4-8-12-15)17(25-21)20-16(23)19-13-14-9-5-3-6-10-14/h3-12H,2,13H2,1H3,(H,19,23)/b20-17-. The van der Waals surface area contributed by atoms with Gasteiger partial charge in [-0.1, -0.05) is 48.5 Å². The summed E-state index contributed by atoms with van der Waals surface area (Å²) in [5.74, 6) is 0. The van der Waals surface area contributed by atoms with Crippen molar-refractivity contribution in [1.29, 1.82) is 0 Å². The minimum absolute atomic E-state index is 0.201. The zero-order valence-electron chi connectivity index (χ0n) is 13.8. The fourth-order valence-corrected chi connectivity index (χ4v) is 3.21. The van der Waals surface area contributed by atoms with Crippen LogP contribution in [0.15, 0.2) is 70.5 Å². The number of para-hydroxylation sites is 1. The average molecular weight is 354 g/mol. The Morgan fingerprint density at radius 2 is 1.72 bits per heavy atom. The molecule has 2 aromatic carbocycles. The molecule has 0 radical (unpaired) electrons. The third-order valence-corrected chi connectivity index (χ3v) is 4.65. The van der Waals surface area contributed by atoms with Crippen molar-refractivity contribution in [2.75, 3.05) is 0 Å². The Labute approximate surface area is 148 Å². The topological polar surface area (TPSA) is 68.4 Å². The molecule has 3 aromatic rings. The van der Waals surface area contributed by atoms with E-state index in [1.807, 2.05) is 67.6 Å². The lowest BCUT2D eigenvalue weighted by molar-refractivity contribution is 0.248. The molecule has 7 heteroatoms. The molecule has 1 aromatic heterocycles. The van der Waals surface area contributed by atoms with Gasteiger partial charge in [-0.15, -0.1) is 0 Å². The number of benzene rings is 2. The van der Waals surface area contributed by atoms with Gasteiger partial charge in [0.25, 0.3) is 0 Å². The zero-order chi connectivity index (χ0) is 17.6. The van der Waals surface area contributed by atoms with E-state index in [-0.39, 0.29) is 5.69 Å². The highest BCUT2D eigenvalue weighted by molar-refractivity contribution is 7.03. The van der Waals surface area contributed by atoms with Gasteiger partial charge in [-0.3, -0.25) is 0 Å². The molecule has 0 aliphatic carbocycles. The van der Waals surface area contributed by atoms with Crippen LogP contribution in [-0.4, -0.2) is 14.6 Å². The molecular weight excluding hydrogens is 336 g/mol. The van der Waals surface area contributed by atoms with E-state index < -0.39 is 6.03 Å². The van der Waals surface area contributed by atoms with Crippen molar-refractivity contribution in [1.82, 2.24) is 13.8 Å². The van der Waals surface area contributed by atoms with Gasteiger partial charge < -0.3 is 5.32 Å². The summed E-state index contributed by atoms with van der Waals surface area (Å²) in [7, 11) is 0. The smallest absolute Gasteiger partial charge is 0.332 e. The number of hydrogen-bond acceptors (Lipinski definition) is 3. The molecular formula is C18H18N4O2S. The number of rotatable bonds is 4. The molecule has 0 atom stereocenters. The number of nitrogens with zero attached hydrogens (tertiary/aromatic N) is 3. The molecule has 0 unspecified atom stereocenters. The molecule has 0 aliphatic heterocycles. The van der Waals surface area contributed by atoms with Crippen LogP contribution in [0.2, 0.25) is 0 Å². The predicted octanol–water partition coefficient (Wildman–Crippen LogP) is 2.53. The number of urea groups is 1. The summed E-state index contributed by atoms with van der Waals surface area (Å²) < 4.78 is 3.02. The first-order chi connectivity index (χ1) is 12.2. The van der Waals surface area contributed by atoms with Crippen LogP contribution in [0.3, 0.4) is 0 Å². The molecule has 0 bridgehead atoms. The van der Waals surface area contributed by atoms with Crippen LogP contribution in [0.25, 0.3) is 5.69 Å². The summed E-state index contributed by atoms with van der Waals surface area (Å²) in [5, 5.41) is 2.75. The molecule has 25 heavy (non-hydrogen) atoms. The van der Waals surface area contributed by atoms with Gasteiger partial charge in [0.15, 0.2) is 0 Å². The molecule has 0 saturated heterocycles. The molecule has 1 heterocycles. The van der Waals surface area contributed by atoms with Gasteiger partial charge in [0.05, 0.1) is 5.69 Å². The van der Waals surface area contributed by atoms with Crippen LogP contribution in [0, 0.1) is 0 Å². The van der Waals surface area contributed by atoms with E-state index in [4.69, 9.17) is 0 Å². The SMILES string of the molecule is CCn1s/c(=N\C(=O)NCc2ccccc2)n(-c2ccccc2)c1=O. The summed E-state index contributed by atoms with van der Waals surface area (Å²) in [4.78, 5) is 29.2. The number of aryl methyl sites for hydroxylation is 1. The summed E-state index contributed by atoms with van der Waals surface area (Å²) in [6.45, 7) is 2.79. The number of hydrogen-bond donors (Lipinski definition) is 1. The highest BCUT2D eigenvalue weighted by Gasteiger charge is 2.10. The van der Waals surface area contributed by atoms with Crippen molar-refractivity contribution in [3.8, 4) is 5.69 Å². The maximum atomic E-state index is 12.5. The van der Waals surface area contributed by atoms with Crippen LogP contribution in [0.5, 0.6) is 0 Å². The lowest BCUT2D eigenvalue weighted by Crippen LogP contribution is -2.29. The Balaban J connectivity index is 1.92. The van der Waals surface area contributed by atoms with E-state index in [2.05, 4.69) is 10.3 Å². The van der Waals surface area contributed by atoms with Crippen molar-refractivity contribution >= 4 is 17.6 Å². The van der Waals surface area contributed by atoms with Crippen LogP contribution in [0.4, 0.5) is 4.79 Å². The first-order valence-corrected chi connectivity index (χ1v) is 8.71. The van der Waals surface area contributed by atoms with Gasteiger partial charge in [-0.25, -0.2) is 18.1 Å². The van der Waals surface area contributed by atoms with E-state index in [9.17, 15) is 9.59 Å². The van der Waals surface area contributed by atoms with Crippen molar-refractivity contribution in [2.45, 2.75) is 20.0 Å². The monoisotopic (exact) mass is 354 g/mol. The second kappa shape index (κ2) is 7.76. The maximum absolute atomic E-state index is 12.5. The lowest BCUT2D eigenvalue weighted by atomic mass is 10.2. The van der Waals surface area contributed by atoms with Gasteiger partial charge >= 0.3 is 11.7 Å². The molecule has 128 valence electrons. The Morgan fingerprint density at radius 1 is 1.08 bits per heavy atom. The van der Waals surface area contributed by atoms with E-state index in [1.54, 1.807) is 3.96 Å². The minimum Gasteiger partial charge on any atom is -0.332 e. The lowest BCUT2D eigenvalue weighted by Gasteiger charge is -2.02. The van der Waals surface area contributed by atoms with E-state index in [0.717, 1.165) is 5.56 Å². The molecule has 6 nitrogen and oxygen atoms in total. The first kappa shape index (κ1) is 16.9. The third-order valence-electron chi connectivity index (χ3n) is 3.57. The van der Waals surface area contributed by atoms with E-state index in [1.165, 1.54) is 16.1 Å². The maximum Gasteiger partial charge on any atom is 0.344 e. The summed E-state index contributed by atoms with van der Waals surface area (Å²) in [5.41, 5.74) is 1.47. The predicted molar refractivity (Wildman–Crippen MR) is 97.8 cm³/mol. The quantitative estimate of drug-likeness (QED) is 0.782. The number of carbonyl (C=O) groups excluding carboxylic acids is 1. The van der Waals surface area contributed by atoms with Crippen molar-refractivity contribution in [3.63, 3.8) is 0 Å². The molecule has 1 N–H and O–H groups in total. The number of carbonyl (C=O) groups is 1. The second-order valence-corrected chi connectivity index (χ2v) is 6.27. The van der Waals surface area contributed by atoms with Gasteiger partial charge in [-0.2, -0.15) is 4.99 Å². The number of nitrogens with one attached hydrogen (secondary N) is 1. The third kappa shape index (κ3) is 3.95. The first-order valence-electron chi connectivity index (χ1n) is 7.94.